The molecule has 3 aromatic heterocycles. The van der Waals surface area contributed by atoms with Crippen molar-refractivity contribution in [2.24, 2.45) is 94.7 Å². The molecule has 0 saturated carbocycles. The van der Waals surface area contributed by atoms with Crippen molar-refractivity contribution in [2.45, 2.75) is 219 Å². The fraction of sp³-hybridized carbons (Fsp3) is 0.611. The third kappa shape index (κ3) is 21.7. The number of phosphoric acid groups is 4. The number of imidazole rings is 2. The van der Waals surface area contributed by atoms with Crippen molar-refractivity contribution in [2.75, 3.05) is 18.9 Å². The average molecular weight is 1860 g/mol. The Labute approximate surface area is 710 Å². The molecule has 11 rings (SSSR count). The first-order valence-electron chi connectivity index (χ1n) is 38.6. The summed E-state index contributed by atoms with van der Waals surface area (Å²) in [6.07, 6.45) is -9.29. The van der Waals surface area contributed by atoms with Gasteiger partial charge in [-0.3, -0.25) is 4.79 Å². The summed E-state index contributed by atoms with van der Waals surface area (Å²) in [5, 5.41) is 49.0. The number of nitrogens with one attached hydrogen (secondary N) is 1. The number of fused-ring (bicyclic) bond motifs is 8. The quantitative estimate of drug-likeness (QED) is 0.0285. The van der Waals surface area contributed by atoms with Gasteiger partial charge in [0, 0.05) is 0 Å². The maximum atomic E-state index is 15.0. The van der Waals surface area contributed by atoms with Crippen molar-refractivity contribution in [1.29, 1.82) is 0 Å². The van der Waals surface area contributed by atoms with Gasteiger partial charge < -0.3 is 59.5 Å². The number of aromatic nitrogens is 6. The topological polar surface area (TPSA) is 775 Å². The number of nitrogens with two attached hydrogens (primary N) is 7. The molecule has 8 bridgehead atoms. The van der Waals surface area contributed by atoms with Gasteiger partial charge in [0.1, 0.15) is 18.3 Å². The molecule has 1 aromatic carbocycles. The largest absolute Gasteiger partial charge is 0.478 e. The van der Waals surface area contributed by atoms with Crippen LogP contribution in [0.1, 0.15) is 157 Å². The number of hydrogen-bond acceptors (Lipinski definition) is 30. The molecule has 51 heteroatoms. The molecule has 0 aliphatic carbocycles. The summed E-state index contributed by atoms with van der Waals surface area (Å²) >= 11 is 0.328. The second kappa shape index (κ2) is 37.6. The molecule has 7 aliphatic rings. The number of aliphatic imine (C=N–C) groups is 3. The zero-order chi connectivity index (χ0) is 92.1. The molecule has 7 amide bonds. The molecule has 3 fully saturated rings. The molecule has 0 spiro atoms. The Morgan fingerprint density at radius 3 is 1.79 bits per heavy atom. The molecule has 19 atom stereocenters. The zero-order valence-electron chi connectivity index (χ0n) is 68.9. The number of carbonyl (C=O) groups excluding carboxylic acids is 7. The standard InChI is InChI=1S/C62H90N13O14P.C10H12N5O3.Co.H4O7P2.H3O4P/c1-29-20-39-40(21-30(29)2)75(28-70-39)57-52(84)53(41(27-76)87-57)89-90(85,86)88-31(3)26-69-49(83)18-19-59(8)37(22-46(66)80)56-62(11)61(10,25-48(68)82)36(14-17-45(65)79)51(74-62)33(5)55-60(9,24-47(67)81)34(12-15-43(63)77)38(71-55)23-42-58(6,7)35(13-16-44(64)78)50(72-42)32(4)54(59)73-56;1-4-6(16)7(17)10(18-4)15-3-14-5-8(11)12-2-13-9(5)15;;1-8(2,3)7-9(4,5)6;1-5(2,3)4/h20-21,23,28,31,34-37,41,52-53,56-57,76,84H,12-19,22,24-27H2,1-11H3,(H15,63,64,65,66,67,68,69,71,72,73,74,77,78,79,80,81,82,83,85,86);2-4,6-7,10,16-17H,1H2,(H2,11,12,13);;(H2,1,2,3)(H2,4,5,6);(H3,1,2,3,4)/q;;+2;;/p-2/t31?,34?,35?,36?,37?,41-,52-,53-,56?,57+,59?,60?,61?,62?;4-,6-,7-,10-;;;/m11.../s1. The molecular weight excluding hydrogens is 1750 g/mol. The smallest absolute Gasteiger partial charge is 0.303 e. The zero-order valence-corrected chi connectivity index (χ0v) is 73.6. The van der Waals surface area contributed by atoms with Gasteiger partial charge in [-0.15, -0.1) is 0 Å². The molecule has 10 heterocycles. The van der Waals surface area contributed by atoms with Crippen LogP contribution >= 0.6 is 31.3 Å². The number of nitrogen functional groups attached to an aromatic ring is 1. The van der Waals surface area contributed by atoms with E-state index in [0.29, 0.717) is 71.3 Å². The van der Waals surface area contributed by atoms with Gasteiger partial charge in [0.15, 0.2) is 6.23 Å². The first-order chi connectivity index (χ1) is 56.7. The van der Waals surface area contributed by atoms with Crippen LogP contribution in [0.2, 0.25) is 5.36 Å². The van der Waals surface area contributed by atoms with Gasteiger partial charge in [-0.25, -0.2) is 18.7 Å². The minimum absolute atomic E-state index is 0.0441. The van der Waals surface area contributed by atoms with Gasteiger partial charge in [-0.2, -0.15) is 4.31 Å². The number of aliphatic hydroxyl groups is 4. The minimum Gasteiger partial charge on any atom is -0.303 e. The van der Waals surface area contributed by atoms with Crippen molar-refractivity contribution in [3.63, 3.8) is 0 Å². The van der Waals surface area contributed by atoms with Crippen molar-refractivity contribution in [1.82, 2.24) is 38.3 Å². The molecule has 123 heavy (non-hydrogen) atoms. The summed E-state index contributed by atoms with van der Waals surface area (Å²) in [6.45, 7) is 18.7. The Bertz CT molecular complexity index is 5170. The summed E-state index contributed by atoms with van der Waals surface area (Å²) in [5.41, 5.74) is 42.9. The second-order valence-electron chi connectivity index (χ2n) is 33.1. The van der Waals surface area contributed by atoms with Crippen LogP contribution in [0.15, 0.2) is 80.4 Å². The summed E-state index contributed by atoms with van der Waals surface area (Å²) in [5.74, 6) is -8.33. The van der Waals surface area contributed by atoms with Crippen LogP contribution < -0.4 is 50.3 Å². The Morgan fingerprint density at radius 1 is 0.667 bits per heavy atom. The van der Waals surface area contributed by atoms with Crippen LogP contribution in [0.3, 0.4) is 0 Å². The molecule has 0 radical (unpaired) electrons. The summed E-state index contributed by atoms with van der Waals surface area (Å²) in [4.78, 5) is 197. The molecule has 46 nitrogen and oxygen atoms in total. The number of benzene rings is 1. The van der Waals surface area contributed by atoms with Gasteiger partial charge in [0.25, 0.3) is 0 Å². The van der Waals surface area contributed by atoms with Crippen molar-refractivity contribution >= 4 is 118 Å². The van der Waals surface area contributed by atoms with Crippen LogP contribution in [-0.4, -0.2) is 214 Å². The molecular formula is C72H107CoN18O28P4. The number of amides is 7. The van der Waals surface area contributed by atoms with E-state index in [1.807, 2.05) is 57.6 Å². The normalized spacial score (nSPS) is 31.6. The van der Waals surface area contributed by atoms with E-state index in [2.05, 4.69) is 29.6 Å². The number of carbonyl (C=O) groups is 7. The van der Waals surface area contributed by atoms with Crippen molar-refractivity contribution in [3.05, 3.63) is 76.6 Å². The molecule has 682 valence electrons. The Balaban J connectivity index is 0.00000113. The van der Waals surface area contributed by atoms with E-state index in [9.17, 15) is 72.6 Å². The minimum atomic E-state index is -5.42. The van der Waals surface area contributed by atoms with Gasteiger partial charge in [-0.05, 0) is 37.1 Å². The Hall–Kier alpha value is -7.89. The van der Waals surface area contributed by atoms with Gasteiger partial charge in [0.05, 0.1) is 24.0 Å². The molecule has 26 N–H and O–H groups in total. The third-order valence-corrected chi connectivity index (χ3v) is 28.5. The fourth-order valence-electron chi connectivity index (χ4n) is 18.1. The average Bonchev–Trinajstić information content (AvgIpc) is 1.51. The van der Waals surface area contributed by atoms with Crippen molar-refractivity contribution in [3.8, 4) is 0 Å². The van der Waals surface area contributed by atoms with Gasteiger partial charge >= 0.3 is 541 Å². The SMILES string of the molecule is C/C1=C2N=C(/C=C3N=C(/C(C)=C4\[N]([Co+][CH2][C@H]5O[C@@H](n6cnc7c(N)ncnc76)[C@H](O)[C@@H]5O)C(C(CC(N)=O)C4(C)CCC(=O)NCC(C)OP(=O)([O-])O[C@H]4[C@@H](O)[C@@H](n5cnc6cc(C)c(C)cc65)O[C@@H]4CO)C4(C)N=C1C(CCC(N)=O)C4(C)CC(N)=O)C(CCC(N)=O)C\3(C)C)C(CCC(N)=O)C/2(C)CC(N)=O.O=P(O)(O)O.O=P(O)(O)OP(=O)(O)O. The van der Waals surface area contributed by atoms with Crippen LogP contribution in [0.4, 0.5) is 5.82 Å². The number of aryl methyl sites for hydroxylation is 2. The molecule has 11 unspecified atom stereocenters. The number of aliphatic hydroxyl groups excluding tert-OH is 4. The number of phosphoric ester groups is 1. The number of nitrogens with zero attached hydrogens (tertiary/aromatic N) is 10. The first kappa shape index (κ1) is 98.9. The van der Waals surface area contributed by atoms with Gasteiger partial charge in [-0.1, -0.05) is 0 Å². The summed E-state index contributed by atoms with van der Waals surface area (Å²) < 4.78 is 73.5. The summed E-state index contributed by atoms with van der Waals surface area (Å²) in [7, 11) is -20.2. The van der Waals surface area contributed by atoms with Crippen LogP contribution in [0.5, 0.6) is 0 Å². The number of allylic oxidation sites excluding steroid dienone is 6. The van der Waals surface area contributed by atoms with Crippen LogP contribution in [0.25, 0.3) is 22.2 Å². The molecule has 4 aromatic rings. The maximum absolute atomic E-state index is 15.0. The predicted molar refractivity (Wildman–Crippen MR) is 430 cm³/mol. The Morgan fingerprint density at radius 2 is 1.23 bits per heavy atom. The number of ether oxygens (including phenoxy) is 2. The van der Waals surface area contributed by atoms with E-state index >= 15 is 0 Å². The van der Waals surface area contributed by atoms with Gasteiger partial charge in [0.2, 0.25) is 0 Å². The summed E-state index contributed by atoms with van der Waals surface area (Å²) in [6, 6.07) is 2.51. The monoisotopic (exact) mass is 1850 g/mol. The van der Waals surface area contributed by atoms with Crippen LogP contribution in [0, 0.1) is 59.2 Å². The number of primary amides is 6. The Kier molecular flexibility index (Phi) is 30.2. The number of hydrogen-bond donors (Lipinski definition) is 19. The van der Waals surface area contributed by atoms with Crippen molar-refractivity contribution < 1.29 is 149 Å². The second-order valence-corrected chi connectivity index (χ2v) is 39.3. The number of rotatable bonds is 32. The van der Waals surface area contributed by atoms with E-state index in [4.69, 9.17) is 112 Å². The van der Waals surface area contributed by atoms with E-state index in [1.54, 1.807) is 33.8 Å². The first-order valence-corrected chi connectivity index (χ1v) is 45.9. The van der Waals surface area contributed by atoms with E-state index in [1.165, 1.54) is 35.0 Å². The third-order valence-electron chi connectivity index (χ3n) is 24.2. The maximum Gasteiger partial charge on any atom is 0.478 e. The molecule has 7 aliphatic heterocycles. The fourth-order valence-corrected chi connectivity index (χ4v) is 22.4. The van der Waals surface area contributed by atoms with E-state index < -0.39 is 211 Å². The predicted octanol–water partition coefficient (Wildman–Crippen LogP) is -0.0395. The van der Waals surface area contributed by atoms with Crippen LogP contribution in [-0.2, 0) is 89.6 Å². The van der Waals surface area contributed by atoms with E-state index in [-0.39, 0.29) is 80.1 Å². The van der Waals surface area contributed by atoms with E-state index in [0.717, 1.165) is 11.1 Å². The number of anilines is 1. The molecule has 3 saturated heterocycles.